The number of aromatic nitrogens is 4. The van der Waals surface area contributed by atoms with Crippen LogP contribution < -0.4 is 0 Å². The Morgan fingerprint density at radius 1 is 0.526 bits per heavy atom. The van der Waals surface area contributed by atoms with E-state index in [1.165, 1.54) is 12.1 Å². The first-order valence-electron chi connectivity index (χ1n) is 11.9. The highest BCUT2D eigenvalue weighted by atomic mass is 32.2. The molecule has 0 aliphatic heterocycles. The first kappa shape index (κ1) is 22.4. The molecule has 0 unspecified atom stereocenters. The summed E-state index contributed by atoms with van der Waals surface area (Å²) >= 11 is 0. The van der Waals surface area contributed by atoms with Gasteiger partial charge in [0.15, 0.2) is 0 Å². The Kier molecular flexibility index (Phi) is 4.94. The number of fused-ring (bicyclic) bond motifs is 6. The third kappa shape index (κ3) is 3.75. The Hall–Kier alpha value is -4.79. The molecule has 4 heterocycles. The Labute approximate surface area is 217 Å². The van der Waals surface area contributed by atoms with Crippen LogP contribution in [0.2, 0.25) is 0 Å². The van der Waals surface area contributed by atoms with Gasteiger partial charge in [0, 0.05) is 45.1 Å². The lowest BCUT2D eigenvalue weighted by Gasteiger charge is -2.11. The summed E-state index contributed by atoms with van der Waals surface area (Å²) in [5, 5.41) is 3.75. The van der Waals surface area contributed by atoms with Crippen molar-refractivity contribution in [1.82, 2.24) is 19.9 Å². The lowest BCUT2D eigenvalue weighted by molar-refractivity contribution is 0.483. The highest BCUT2D eigenvalue weighted by Crippen LogP contribution is 2.32. The normalized spacial score (nSPS) is 12.0. The maximum absolute atomic E-state index is 12.3. The van der Waals surface area contributed by atoms with Gasteiger partial charge in [-0.05, 0) is 42.5 Å². The number of benzene rings is 3. The molecule has 7 aromatic rings. The van der Waals surface area contributed by atoms with Crippen LogP contribution in [0.1, 0.15) is 0 Å². The third-order valence-corrected chi connectivity index (χ3v) is 7.49. The van der Waals surface area contributed by atoms with Crippen molar-refractivity contribution in [3.63, 3.8) is 0 Å². The minimum atomic E-state index is -4.50. The van der Waals surface area contributed by atoms with E-state index < -0.39 is 10.1 Å². The second-order valence-electron chi connectivity index (χ2n) is 9.04. The van der Waals surface area contributed by atoms with E-state index in [9.17, 15) is 13.0 Å². The van der Waals surface area contributed by atoms with Gasteiger partial charge in [-0.1, -0.05) is 48.5 Å². The van der Waals surface area contributed by atoms with Crippen LogP contribution in [-0.4, -0.2) is 32.9 Å². The predicted octanol–water partition coefficient (Wildman–Crippen LogP) is 6.46. The van der Waals surface area contributed by atoms with Crippen LogP contribution in [-0.2, 0) is 10.1 Å². The van der Waals surface area contributed by atoms with Crippen LogP contribution in [0.4, 0.5) is 0 Å². The van der Waals surface area contributed by atoms with Crippen molar-refractivity contribution in [1.29, 1.82) is 0 Å². The van der Waals surface area contributed by atoms with E-state index in [1.54, 1.807) is 12.4 Å². The van der Waals surface area contributed by atoms with Gasteiger partial charge in [0.25, 0.3) is 10.1 Å². The number of hydrogen-bond acceptors (Lipinski definition) is 6. The lowest BCUT2D eigenvalue weighted by Crippen LogP contribution is -2.00. The summed E-state index contributed by atoms with van der Waals surface area (Å²) in [6.07, 6.45) is 3.44. The van der Waals surface area contributed by atoms with Crippen molar-refractivity contribution in [2.45, 2.75) is 4.90 Å². The molecule has 0 saturated heterocycles. The summed E-state index contributed by atoms with van der Waals surface area (Å²) in [5.41, 5.74) is 5.10. The molecule has 3 aromatic carbocycles. The van der Waals surface area contributed by atoms with Crippen molar-refractivity contribution in [2.75, 3.05) is 0 Å². The van der Waals surface area contributed by atoms with Crippen molar-refractivity contribution < 1.29 is 13.0 Å². The predicted molar refractivity (Wildman–Crippen MR) is 148 cm³/mol. The Balaban J connectivity index is 1.46. The largest absolute Gasteiger partial charge is 0.294 e. The van der Waals surface area contributed by atoms with E-state index >= 15 is 0 Å². The smallest absolute Gasteiger partial charge is 0.282 e. The fourth-order valence-corrected chi connectivity index (χ4v) is 5.36. The summed E-state index contributed by atoms with van der Waals surface area (Å²) in [7, 11) is -4.50. The van der Waals surface area contributed by atoms with Gasteiger partial charge < -0.3 is 0 Å². The van der Waals surface area contributed by atoms with E-state index in [-0.39, 0.29) is 4.90 Å². The highest BCUT2D eigenvalue weighted by Gasteiger charge is 2.17. The van der Waals surface area contributed by atoms with Gasteiger partial charge in [-0.3, -0.25) is 14.5 Å². The number of hydrogen-bond donors (Lipinski definition) is 1. The second-order valence-corrected chi connectivity index (χ2v) is 10.5. The molecule has 8 heteroatoms. The molecule has 1 N–H and O–H groups in total. The second kappa shape index (κ2) is 8.37. The fraction of sp³-hybridized carbons (Fsp3) is 0. The van der Waals surface area contributed by atoms with Crippen LogP contribution in [0.5, 0.6) is 0 Å². The molecule has 4 aromatic heterocycles. The number of pyridine rings is 4. The van der Waals surface area contributed by atoms with Gasteiger partial charge in [-0.15, -0.1) is 0 Å². The minimum absolute atomic E-state index is 0.235. The summed E-state index contributed by atoms with van der Waals surface area (Å²) in [5.74, 6) is 0. The lowest BCUT2D eigenvalue weighted by atomic mass is 10.0. The van der Waals surface area contributed by atoms with E-state index in [0.29, 0.717) is 33.5 Å². The molecule has 7 rings (SSSR count). The average molecular weight is 515 g/mol. The monoisotopic (exact) mass is 514 g/mol. The van der Waals surface area contributed by atoms with Gasteiger partial charge in [0.05, 0.1) is 38.4 Å². The van der Waals surface area contributed by atoms with Gasteiger partial charge in [-0.2, -0.15) is 8.42 Å². The van der Waals surface area contributed by atoms with Crippen LogP contribution in [0.25, 0.3) is 66.1 Å². The fourth-order valence-electron chi connectivity index (χ4n) is 4.81. The number of nitrogens with zero attached hydrogens (tertiary/aromatic N) is 4. The molecule has 0 aliphatic carbocycles. The van der Waals surface area contributed by atoms with E-state index in [0.717, 1.165) is 32.6 Å². The Morgan fingerprint density at radius 3 is 1.39 bits per heavy atom. The van der Waals surface area contributed by atoms with Gasteiger partial charge >= 0.3 is 0 Å². The molecular formula is C30H18N4O3S. The Morgan fingerprint density at radius 2 is 0.947 bits per heavy atom. The van der Waals surface area contributed by atoms with Gasteiger partial charge in [0.2, 0.25) is 0 Å². The zero-order valence-electron chi connectivity index (χ0n) is 19.8. The molecule has 0 aliphatic rings. The SMILES string of the molecule is O=S(=O)(O)c1cc(-c2ccc3ccc4cccnc4c3n2)cc(-c2ccc3ccc4cccnc4c3n2)c1. The topological polar surface area (TPSA) is 106 Å². The Bertz CT molecular complexity index is 2040. The molecule has 0 spiro atoms. The van der Waals surface area contributed by atoms with Crippen LogP contribution in [0.15, 0.2) is 108 Å². The number of rotatable bonds is 3. The van der Waals surface area contributed by atoms with E-state index in [2.05, 4.69) is 9.97 Å². The molecule has 0 amide bonds. The van der Waals surface area contributed by atoms with Crippen molar-refractivity contribution >= 4 is 53.7 Å². The minimum Gasteiger partial charge on any atom is -0.282 e. The first-order chi connectivity index (χ1) is 18.4. The standard InChI is InChI=1S/C30H18N4O3S/c35-38(36,37)24-16-22(25-11-9-20-7-5-18-3-1-13-31-27(18)29(20)33-25)15-23(17-24)26-12-10-21-8-6-19-4-2-14-32-28(19)30(21)34-26/h1-17H,(H,35,36,37). The van der Waals surface area contributed by atoms with Crippen LogP contribution in [0, 0.1) is 0 Å². The molecule has 38 heavy (non-hydrogen) atoms. The van der Waals surface area contributed by atoms with Gasteiger partial charge in [0.1, 0.15) is 0 Å². The maximum Gasteiger partial charge on any atom is 0.294 e. The van der Waals surface area contributed by atoms with E-state index in [1.807, 2.05) is 78.9 Å². The molecule has 0 bridgehead atoms. The van der Waals surface area contributed by atoms with Crippen LogP contribution >= 0.6 is 0 Å². The van der Waals surface area contributed by atoms with Crippen LogP contribution in [0.3, 0.4) is 0 Å². The van der Waals surface area contributed by atoms with Gasteiger partial charge in [-0.25, -0.2) is 9.97 Å². The molecule has 7 nitrogen and oxygen atoms in total. The molecular weight excluding hydrogens is 496 g/mol. The summed E-state index contributed by atoms with van der Waals surface area (Å²) in [4.78, 5) is 18.5. The summed E-state index contributed by atoms with van der Waals surface area (Å²) in [6, 6.07) is 27.8. The molecule has 0 fully saturated rings. The maximum atomic E-state index is 12.3. The molecule has 0 radical (unpaired) electrons. The summed E-state index contributed by atoms with van der Waals surface area (Å²) in [6.45, 7) is 0. The molecule has 0 saturated carbocycles. The van der Waals surface area contributed by atoms with Crippen molar-refractivity contribution in [3.05, 3.63) is 103 Å². The zero-order chi connectivity index (χ0) is 25.9. The average Bonchev–Trinajstić information content (AvgIpc) is 2.95. The van der Waals surface area contributed by atoms with Crippen molar-refractivity contribution in [3.8, 4) is 22.5 Å². The van der Waals surface area contributed by atoms with Crippen molar-refractivity contribution in [2.24, 2.45) is 0 Å². The quantitative estimate of drug-likeness (QED) is 0.213. The molecule has 182 valence electrons. The molecule has 0 atom stereocenters. The first-order valence-corrected chi connectivity index (χ1v) is 13.3. The zero-order valence-corrected chi connectivity index (χ0v) is 20.6. The third-order valence-electron chi connectivity index (χ3n) is 6.66. The van der Waals surface area contributed by atoms with E-state index in [4.69, 9.17) is 9.97 Å². The highest BCUT2D eigenvalue weighted by molar-refractivity contribution is 7.85. The summed E-state index contributed by atoms with van der Waals surface area (Å²) < 4.78 is 34.5.